The SMILES string of the molecule is CCC1(OC2OC(COC(C)=O)C(I)C(OC(C)=O)C2OC(C)=O)OC(CCl)C(OC(C)=O)C1OC(C)=O. The topological polar surface area (TPSA) is 159 Å². The summed E-state index contributed by atoms with van der Waals surface area (Å²) in [6, 6.07) is 0. The fourth-order valence-electron chi connectivity index (χ4n) is 4.22. The van der Waals surface area contributed by atoms with Gasteiger partial charge in [-0.05, 0) is 0 Å². The Labute approximate surface area is 238 Å². The monoisotopic (exact) mass is 678 g/mol. The predicted molar refractivity (Wildman–Crippen MR) is 135 cm³/mol. The summed E-state index contributed by atoms with van der Waals surface area (Å²) < 4.78 is 44.7. The van der Waals surface area contributed by atoms with E-state index in [0.29, 0.717) is 0 Å². The Kier molecular flexibility index (Phi) is 12.0. The summed E-state index contributed by atoms with van der Waals surface area (Å²) in [6.07, 6.45) is -8.09. The van der Waals surface area contributed by atoms with E-state index < -0.39 is 82.5 Å². The van der Waals surface area contributed by atoms with Gasteiger partial charge in [-0.15, -0.1) is 11.6 Å². The number of esters is 5. The van der Waals surface area contributed by atoms with Crippen molar-refractivity contribution in [2.24, 2.45) is 0 Å². The van der Waals surface area contributed by atoms with Gasteiger partial charge in [0.05, 0.1) is 9.80 Å². The highest BCUT2D eigenvalue weighted by Gasteiger charge is 2.62. The molecule has 13 nitrogen and oxygen atoms in total. The highest BCUT2D eigenvalue weighted by atomic mass is 127. The first kappa shape index (κ1) is 32.5. The third-order valence-corrected chi connectivity index (χ3v) is 7.44. The summed E-state index contributed by atoms with van der Waals surface area (Å²) >= 11 is 8.03. The highest BCUT2D eigenvalue weighted by molar-refractivity contribution is 14.1. The zero-order chi connectivity index (χ0) is 28.8. The van der Waals surface area contributed by atoms with Gasteiger partial charge in [-0.3, -0.25) is 24.0 Å². The number of carbonyl (C=O) groups excluding carboxylic acids is 5. The third-order valence-electron chi connectivity index (χ3n) is 5.63. The van der Waals surface area contributed by atoms with E-state index in [-0.39, 0.29) is 18.9 Å². The highest BCUT2D eigenvalue weighted by Crippen LogP contribution is 2.43. The van der Waals surface area contributed by atoms with Gasteiger partial charge in [0.15, 0.2) is 24.4 Å². The minimum absolute atomic E-state index is 0.0310. The van der Waals surface area contributed by atoms with Crippen molar-refractivity contribution in [2.75, 3.05) is 12.5 Å². The molecule has 2 aliphatic rings. The van der Waals surface area contributed by atoms with E-state index in [2.05, 4.69) is 0 Å². The third kappa shape index (κ3) is 8.13. The van der Waals surface area contributed by atoms with Gasteiger partial charge in [0, 0.05) is 41.0 Å². The number of halogens is 2. The Morgan fingerprint density at radius 3 is 1.79 bits per heavy atom. The molecule has 0 aliphatic carbocycles. The summed E-state index contributed by atoms with van der Waals surface area (Å²) in [7, 11) is 0. The standard InChI is InChI=1S/C23H32ClIO13/c1-7-23(21(35-14(6)30)18(32-11(3)27)15(8-24)37-23)38-22-20(34-13(5)29)19(33-12(4)28)17(25)16(36-22)9-31-10(2)26/h15-22H,7-9H2,1-6H3. The number of carbonyl (C=O) groups is 5. The van der Waals surface area contributed by atoms with Crippen LogP contribution in [0.25, 0.3) is 0 Å². The van der Waals surface area contributed by atoms with Crippen molar-refractivity contribution < 1.29 is 61.9 Å². The van der Waals surface area contributed by atoms with Crippen molar-refractivity contribution >= 4 is 64.0 Å². The fourth-order valence-corrected chi connectivity index (χ4v) is 5.39. The Bertz CT molecular complexity index is 901. The van der Waals surface area contributed by atoms with E-state index in [4.69, 9.17) is 49.5 Å². The van der Waals surface area contributed by atoms with Gasteiger partial charge in [-0.25, -0.2) is 0 Å². The Balaban J connectivity index is 2.55. The maximum atomic E-state index is 12.0. The first-order valence-corrected chi connectivity index (χ1v) is 13.6. The molecule has 0 saturated carbocycles. The molecule has 2 saturated heterocycles. The molecule has 0 spiro atoms. The Morgan fingerprint density at radius 2 is 1.32 bits per heavy atom. The lowest BCUT2D eigenvalue weighted by molar-refractivity contribution is -0.365. The van der Waals surface area contributed by atoms with Crippen LogP contribution in [0, 0.1) is 0 Å². The first-order chi connectivity index (χ1) is 17.7. The quantitative estimate of drug-likeness (QED) is 0.142. The van der Waals surface area contributed by atoms with Crippen LogP contribution in [0.15, 0.2) is 0 Å². The van der Waals surface area contributed by atoms with E-state index in [1.165, 1.54) is 20.8 Å². The van der Waals surface area contributed by atoms with Crippen LogP contribution in [-0.4, -0.2) is 95.0 Å². The zero-order valence-corrected chi connectivity index (χ0v) is 24.7. The number of alkyl halides is 2. The van der Waals surface area contributed by atoms with E-state index in [0.717, 1.165) is 13.8 Å². The van der Waals surface area contributed by atoms with Gasteiger partial charge in [-0.2, -0.15) is 0 Å². The van der Waals surface area contributed by atoms with Crippen LogP contribution in [0.4, 0.5) is 0 Å². The van der Waals surface area contributed by atoms with Gasteiger partial charge >= 0.3 is 29.8 Å². The number of hydrogen-bond donors (Lipinski definition) is 0. The summed E-state index contributed by atoms with van der Waals surface area (Å²) in [5.41, 5.74) is 0. The second-order valence-corrected chi connectivity index (χ2v) is 10.4. The molecule has 9 unspecified atom stereocenters. The summed E-state index contributed by atoms with van der Waals surface area (Å²) in [4.78, 5) is 59.3. The van der Waals surface area contributed by atoms with Crippen molar-refractivity contribution in [1.82, 2.24) is 0 Å². The van der Waals surface area contributed by atoms with Gasteiger partial charge in [0.1, 0.15) is 18.8 Å². The van der Waals surface area contributed by atoms with Crippen LogP contribution in [0.3, 0.4) is 0 Å². The fraction of sp³-hybridized carbons (Fsp3) is 0.783. The van der Waals surface area contributed by atoms with Crippen molar-refractivity contribution in [3.05, 3.63) is 0 Å². The van der Waals surface area contributed by atoms with Crippen LogP contribution < -0.4 is 0 Å². The molecule has 2 fully saturated rings. The summed E-state index contributed by atoms with van der Waals surface area (Å²) in [5.74, 6) is -5.30. The molecular weight excluding hydrogens is 647 g/mol. The zero-order valence-electron chi connectivity index (χ0n) is 21.8. The molecule has 2 aliphatic heterocycles. The molecule has 0 amide bonds. The Morgan fingerprint density at radius 1 is 0.789 bits per heavy atom. The van der Waals surface area contributed by atoms with Gasteiger partial charge in [0.25, 0.3) is 0 Å². The second-order valence-electron chi connectivity index (χ2n) is 8.64. The minimum Gasteiger partial charge on any atom is -0.463 e. The molecule has 0 aromatic rings. The summed E-state index contributed by atoms with van der Waals surface area (Å²) in [6.45, 7) is 7.30. The molecule has 216 valence electrons. The van der Waals surface area contributed by atoms with Crippen LogP contribution >= 0.6 is 34.2 Å². The first-order valence-electron chi connectivity index (χ1n) is 11.8. The predicted octanol–water partition coefficient (Wildman–Crippen LogP) is 1.57. The molecule has 0 N–H and O–H groups in total. The van der Waals surface area contributed by atoms with Crippen LogP contribution in [0.5, 0.6) is 0 Å². The molecule has 15 heteroatoms. The van der Waals surface area contributed by atoms with E-state index in [9.17, 15) is 24.0 Å². The number of rotatable bonds is 10. The van der Waals surface area contributed by atoms with Crippen molar-refractivity contribution in [1.29, 1.82) is 0 Å². The smallest absolute Gasteiger partial charge is 0.303 e. The molecule has 0 radical (unpaired) electrons. The molecule has 2 heterocycles. The van der Waals surface area contributed by atoms with Gasteiger partial charge in [-0.1, -0.05) is 29.5 Å². The maximum Gasteiger partial charge on any atom is 0.303 e. The van der Waals surface area contributed by atoms with E-state index in [1.54, 1.807) is 6.92 Å². The molecular formula is C23H32ClIO13. The van der Waals surface area contributed by atoms with Crippen molar-refractivity contribution in [3.63, 3.8) is 0 Å². The molecule has 0 bridgehead atoms. The van der Waals surface area contributed by atoms with Crippen LogP contribution in [-0.2, 0) is 61.9 Å². The van der Waals surface area contributed by atoms with Crippen molar-refractivity contribution in [2.45, 2.75) is 101 Å². The lowest BCUT2D eigenvalue weighted by Gasteiger charge is -2.46. The molecule has 2 rings (SSSR count). The summed E-state index contributed by atoms with van der Waals surface area (Å²) in [5, 5.41) is 0. The average molecular weight is 679 g/mol. The lowest BCUT2D eigenvalue weighted by atomic mass is 9.99. The van der Waals surface area contributed by atoms with Gasteiger partial charge < -0.3 is 37.9 Å². The molecule has 0 aromatic heterocycles. The number of hydrogen-bond acceptors (Lipinski definition) is 13. The van der Waals surface area contributed by atoms with Crippen LogP contribution in [0.1, 0.15) is 48.0 Å². The lowest BCUT2D eigenvalue weighted by Crippen LogP contribution is -2.62. The maximum absolute atomic E-state index is 12.0. The van der Waals surface area contributed by atoms with E-state index in [1.807, 2.05) is 22.6 Å². The average Bonchev–Trinajstić information content (AvgIpc) is 3.08. The number of ether oxygens (including phenoxy) is 8. The van der Waals surface area contributed by atoms with Crippen molar-refractivity contribution in [3.8, 4) is 0 Å². The van der Waals surface area contributed by atoms with Gasteiger partial charge in [0.2, 0.25) is 12.1 Å². The second kappa shape index (κ2) is 14.1. The van der Waals surface area contributed by atoms with E-state index >= 15 is 0 Å². The van der Waals surface area contributed by atoms with Crippen LogP contribution in [0.2, 0.25) is 0 Å². The minimum atomic E-state index is -1.79. The molecule has 38 heavy (non-hydrogen) atoms. The molecule has 0 aromatic carbocycles. The molecule has 9 atom stereocenters. The largest absolute Gasteiger partial charge is 0.463 e. The normalized spacial score (nSPS) is 34.6. The Hall–Kier alpha value is -1.75.